The molecule has 0 bridgehead atoms. The molecule has 3 N–H and O–H groups in total. The molecule has 6 heteroatoms. The summed E-state index contributed by atoms with van der Waals surface area (Å²) in [6, 6.07) is 4.42. The number of amides is 1. The third kappa shape index (κ3) is 4.03. The summed E-state index contributed by atoms with van der Waals surface area (Å²) >= 11 is 0. The minimum absolute atomic E-state index is 0.0754. The minimum Gasteiger partial charge on any atom is -0.480 e. The van der Waals surface area contributed by atoms with Crippen molar-refractivity contribution in [3.63, 3.8) is 0 Å². The molecule has 0 radical (unpaired) electrons. The molecule has 0 saturated carbocycles. The Balaban J connectivity index is 2.90. The number of halogens is 1. The molecule has 5 nitrogen and oxygen atoms in total. The van der Waals surface area contributed by atoms with Crippen molar-refractivity contribution in [2.24, 2.45) is 5.73 Å². The number of rotatable bonds is 6. The van der Waals surface area contributed by atoms with E-state index < -0.39 is 23.7 Å². The van der Waals surface area contributed by atoms with E-state index in [0.29, 0.717) is 13.0 Å². The summed E-state index contributed by atoms with van der Waals surface area (Å²) in [7, 11) is 0. The summed E-state index contributed by atoms with van der Waals surface area (Å²) < 4.78 is 13.5. The van der Waals surface area contributed by atoms with Gasteiger partial charge in [-0.3, -0.25) is 9.59 Å². The van der Waals surface area contributed by atoms with E-state index in [-0.39, 0.29) is 12.1 Å². The predicted octanol–water partition coefficient (Wildman–Crippen LogP) is 1.09. The number of carbonyl (C=O) groups excluding carboxylic acids is 1. The zero-order chi connectivity index (χ0) is 14.4. The number of carbonyl (C=O) groups is 2. The van der Waals surface area contributed by atoms with Gasteiger partial charge in [-0.1, -0.05) is 19.1 Å². The molecular weight excluding hydrogens is 251 g/mol. The summed E-state index contributed by atoms with van der Waals surface area (Å²) in [5.74, 6) is -2.36. The number of aliphatic carboxylic acids is 1. The van der Waals surface area contributed by atoms with Crippen molar-refractivity contribution in [1.29, 1.82) is 0 Å². The Morgan fingerprint density at radius 3 is 2.58 bits per heavy atom. The second-order valence-electron chi connectivity index (χ2n) is 4.18. The lowest BCUT2D eigenvalue weighted by Crippen LogP contribution is -2.45. The van der Waals surface area contributed by atoms with Gasteiger partial charge in [0, 0.05) is 13.1 Å². The molecule has 1 rings (SSSR count). The Morgan fingerprint density at radius 2 is 2.05 bits per heavy atom. The van der Waals surface area contributed by atoms with Crippen LogP contribution in [0.2, 0.25) is 0 Å². The largest absolute Gasteiger partial charge is 0.480 e. The summed E-state index contributed by atoms with van der Waals surface area (Å²) in [6.45, 7) is 2.03. The standard InChI is InChI=1S/C13H17FN2O3/c1-2-7-16(8-11(15)13(18)19)12(17)9-5-3-4-6-10(9)14/h3-6,11H,2,7-8,15H2,1H3,(H,18,19)/t11-/m0/s1. The fraction of sp³-hybridized carbons (Fsp3) is 0.385. The third-order valence-electron chi connectivity index (χ3n) is 2.62. The van der Waals surface area contributed by atoms with Crippen LogP contribution in [-0.4, -0.2) is 41.0 Å². The first kappa shape index (κ1) is 15.1. The molecule has 1 amide bonds. The van der Waals surface area contributed by atoms with Gasteiger partial charge in [-0.2, -0.15) is 0 Å². The van der Waals surface area contributed by atoms with Crippen LogP contribution in [0.1, 0.15) is 23.7 Å². The van der Waals surface area contributed by atoms with Crippen LogP contribution in [0.3, 0.4) is 0 Å². The van der Waals surface area contributed by atoms with Gasteiger partial charge in [0.25, 0.3) is 5.91 Å². The highest BCUT2D eigenvalue weighted by Crippen LogP contribution is 2.10. The highest BCUT2D eigenvalue weighted by Gasteiger charge is 2.23. The number of hydrogen-bond acceptors (Lipinski definition) is 3. The average Bonchev–Trinajstić information content (AvgIpc) is 2.37. The SMILES string of the molecule is CCCN(C[C@H](N)C(=O)O)C(=O)c1ccccc1F. The van der Waals surface area contributed by atoms with Crippen LogP contribution in [0.4, 0.5) is 4.39 Å². The van der Waals surface area contributed by atoms with Crippen LogP contribution in [0.15, 0.2) is 24.3 Å². The highest BCUT2D eigenvalue weighted by atomic mass is 19.1. The molecule has 0 unspecified atom stereocenters. The van der Waals surface area contributed by atoms with E-state index in [1.54, 1.807) is 6.07 Å². The molecule has 104 valence electrons. The normalized spacial score (nSPS) is 11.9. The number of hydrogen-bond donors (Lipinski definition) is 2. The molecule has 19 heavy (non-hydrogen) atoms. The molecular formula is C13H17FN2O3. The monoisotopic (exact) mass is 268 g/mol. The third-order valence-corrected chi connectivity index (χ3v) is 2.62. The Bertz CT molecular complexity index is 465. The van der Waals surface area contributed by atoms with Crippen molar-refractivity contribution in [1.82, 2.24) is 4.90 Å². The maximum atomic E-state index is 13.5. The first-order valence-corrected chi connectivity index (χ1v) is 5.99. The van der Waals surface area contributed by atoms with Crippen molar-refractivity contribution in [3.8, 4) is 0 Å². The first-order chi connectivity index (χ1) is 8.97. The number of carboxylic acid groups (broad SMARTS) is 1. The van der Waals surface area contributed by atoms with Crippen LogP contribution in [-0.2, 0) is 4.79 Å². The summed E-state index contributed by atoms with van der Waals surface area (Å²) in [5.41, 5.74) is 5.34. The van der Waals surface area contributed by atoms with Crippen LogP contribution in [0, 0.1) is 5.82 Å². The van der Waals surface area contributed by atoms with Gasteiger partial charge in [0.05, 0.1) is 5.56 Å². The van der Waals surface area contributed by atoms with Gasteiger partial charge in [0.1, 0.15) is 11.9 Å². The first-order valence-electron chi connectivity index (χ1n) is 5.99. The van der Waals surface area contributed by atoms with Gasteiger partial charge in [-0.15, -0.1) is 0 Å². The topological polar surface area (TPSA) is 83.6 Å². The van der Waals surface area contributed by atoms with Crippen molar-refractivity contribution >= 4 is 11.9 Å². The molecule has 0 heterocycles. The van der Waals surface area contributed by atoms with E-state index in [1.807, 2.05) is 6.92 Å². The molecule has 0 spiro atoms. The van der Waals surface area contributed by atoms with Crippen molar-refractivity contribution in [3.05, 3.63) is 35.6 Å². The zero-order valence-corrected chi connectivity index (χ0v) is 10.7. The van der Waals surface area contributed by atoms with Crippen molar-refractivity contribution in [2.75, 3.05) is 13.1 Å². The van der Waals surface area contributed by atoms with E-state index in [0.717, 1.165) is 0 Å². The van der Waals surface area contributed by atoms with Gasteiger partial charge in [0.15, 0.2) is 0 Å². The van der Waals surface area contributed by atoms with E-state index >= 15 is 0 Å². The van der Waals surface area contributed by atoms with Gasteiger partial charge in [-0.25, -0.2) is 4.39 Å². The molecule has 1 aromatic carbocycles. The molecule has 0 aliphatic heterocycles. The fourth-order valence-electron chi connectivity index (χ4n) is 1.67. The average molecular weight is 268 g/mol. The summed E-state index contributed by atoms with van der Waals surface area (Å²) in [4.78, 5) is 24.1. The molecule has 0 aromatic heterocycles. The maximum Gasteiger partial charge on any atom is 0.322 e. The highest BCUT2D eigenvalue weighted by molar-refractivity contribution is 5.94. The van der Waals surface area contributed by atoms with Crippen LogP contribution >= 0.6 is 0 Å². The lowest BCUT2D eigenvalue weighted by molar-refractivity contribution is -0.138. The Hall–Kier alpha value is -1.95. The lowest BCUT2D eigenvalue weighted by atomic mass is 10.1. The molecule has 0 aliphatic carbocycles. The number of nitrogens with two attached hydrogens (primary N) is 1. The molecule has 0 saturated heterocycles. The second kappa shape index (κ2) is 6.84. The lowest BCUT2D eigenvalue weighted by Gasteiger charge is -2.24. The number of nitrogens with zero attached hydrogens (tertiary/aromatic N) is 1. The molecule has 1 aromatic rings. The minimum atomic E-state index is -1.19. The van der Waals surface area contributed by atoms with Gasteiger partial charge in [0.2, 0.25) is 0 Å². The summed E-state index contributed by atoms with van der Waals surface area (Å²) in [5, 5.41) is 8.77. The molecule has 1 atom stereocenters. The Labute approximate surface area is 110 Å². The van der Waals surface area contributed by atoms with E-state index in [9.17, 15) is 14.0 Å². The molecule has 0 aliphatic rings. The smallest absolute Gasteiger partial charge is 0.322 e. The Morgan fingerprint density at radius 1 is 1.42 bits per heavy atom. The Kier molecular flexibility index (Phi) is 5.44. The van der Waals surface area contributed by atoms with E-state index in [1.165, 1.54) is 23.1 Å². The van der Waals surface area contributed by atoms with Gasteiger partial charge in [-0.05, 0) is 18.6 Å². The van der Waals surface area contributed by atoms with E-state index in [4.69, 9.17) is 10.8 Å². The van der Waals surface area contributed by atoms with Crippen LogP contribution < -0.4 is 5.73 Å². The van der Waals surface area contributed by atoms with Crippen molar-refractivity contribution in [2.45, 2.75) is 19.4 Å². The zero-order valence-electron chi connectivity index (χ0n) is 10.7. The predicted molar refractivity (Wildman–Crippen MR) is 68.2 cm³/mol. The van der Waals surface area contributed by atoms with Crippen molar-refractivity contribution < 1.29 is 19.1 Å². The fourth-order valence-corrected chi connectivity index (χ4v) is 1.67. The van der Waals surface area contributed by atoms with Crippen LogP contribution in [0.25, 0.3) is 0 Å². The van der Waals surface area contributed by atoms with Gasteiger partial charge < -0.3 is 15.7 Å². The quantitative estimate of drug-likeness (QED) is 0.809. The maximum absolute atomic E-state index is 13.5. The summed E-state index contributed by atoms with van der Waals surface area (Å²) in [6.07, 6.45) is 0.631. The number of carboxylic acids is 1. The second-order valence-corrected chi connectivity index (χ2v) is 4.18. The van der Waals surface area contributed by atoms with Gasteiger partial charge >= 0.3 is 5.97 Å². The molecule has 0 fully saturated rings. The number of benzene rings is 1. The van der Waals surface area contributed by atoms with Crippen LogP contribution in [0.5, 0.6) is 0 Å². The van der Waals surface area contributed by atoms with E-state index in [2.05, 4.69) is 0 Å².